The summed E-state index contributed by atoms with van der Waals surface area (Å²) in [5.41, 5.74) is 0.308. The molecule has 1 atom stereocenters. The van der Waals surface area contributed by atoms with Gasteiger partial charge in [0.05, 0.1) is 21.8 Å². The van der Waals surface area contributed by atoms with Crippen molar-refractivity contribution in [1.82, 2.24) is 4.72 Å². The normalized spacial score (nSPS) is 12.7. The SMILES string of the molecule is C[C@@H](NS(=O)(=O)c1cc(Cl)ccc1Cl)C(=O)Nc1ccc(Cl)cc1Cl. The zero-order chi connectivity index (χ0) is 18.8. The van der Waals surface area contributed by atoms with Crippen LogP contribution in [-0.4, -0.2) is 20.4 Å². The number of nitrogens with one attached hydrogen (secondary N) is 2. The highest BCUT2D eigenvalue weighted by Gasteiger charge is 2.24. The first-order valence-electron chi connectivity index (χ1n) is 6.83. The lowest BCUT2D eigenvalue weighted by molar-refractivity contribution is -0.117. The Balaban J connectivity index is 2.16. The number of sulfonamides is 1. The van der Waals surface area contributed by atoms with Gasteiger partial charge in [-0.2, -0.15) is 4.72 Å². The molecule has 0 aliphatic heterocycles. The summed E-state index contributed by atoms with van der Waals surface area (Å²) >= 11 is 23.5. The number of hydrogen-bond acceptors (Lipinski definition) is 3. The average Bonchev–Trinajstić information content (AvgIpc) is 2.51. The largest absolute Gasteiger partial charge is 0.323 e. The molecule has 0 saturated heterocycles. The number of amides is 1. The van der Waals surface area contributed by atoms with E-state index >= 15 is 0 Å². The fraction of sp³-hybridized carbons (Fsp3) is 0.133. The average molecular weight is 442 g/mol. The van der Waals surface area contributed by atoms with E-state index in [0.717, 1.165) is 0 Å². The summed E-state index contributed by atoms with van der Waals surface area (Å²) in [7, 11) is -4.05. The number of benzene rings is 2. The first-order valence-corrected chi connectivity index (χ1v) is 9.83. The molecule has 5 nitrogen and oxygen atoms in total. The third kappa shape index (κ3) is 5.23. The van der Waals surface area contributed by atoms with Gasteiger partial charge in [-0.15, -0.1) is 0 Å². The lowest BCUT2D eigenvalue weighted by Crippen LogP contribution is -2.41. The molecule has 0 bridgehead atoms. The molecule has 0 heterocycles. The molecule has 0 aliphatic rings. The van der Waals surface area contributed by atoms with E-state index < -0.39 is 22.0 Å². The smallest absolute Gasteiger partial charge is 0.242 e. The molecule has 10 heteroatoms. The molecule has 0 spiro atoms. The van der Waals surface area contributed by atoms with Crippen LogP contribution < -0.4 is 10.0 Å². The lowest BCUT2D eigenvalue weighted by Gasteiger charge is -2.16. The maximum atomic E-state index is 12.4. The molecule has 2 aromatic rings. The molecule has 2 N–H and O–H groups in total. The van der Waals surface area contributed by atoms with E-state index in [2.05, 4.69) is 10.0 Å². The summed E-state index contributed by atoms with van der Waals surface area (Å²) in [6.07, 6.45) is 0. The quantitative estimate of drug-likeness (QED) is 0.711. The number of hydrogen-bond donors (Lipinski definition) is 2. The third-order valence-corrected chi connectivity index (χ3v) is 5.90. The topological polar surface area (TPSA) is 75.3 Å². The van der Waals surface area contributed by atoms with Gasteiger partial charge in [0.2, 0.25) is 15.9 Å². The number of anilines is 1. The van der Waals surface area contributed by atoms with E-state index in [9.17, 15) is 13.2 Å². The summed E-state index contributed by atoms with van der Waals surface area (Å²) in [6, 6.07) is 7.44. The standard InChI is InChI=1S/C15H12Cl4N2O3S/c1-8(15(22)20-13-5-3-9(16)6-12(13)19)21-25(23,24)14-7-10(17)2-4-11(14)18/h2-8,21H,1H3,(H,20,22)/t8-/m1/s1. The fourth-order valence-corrected chi connectivity index (χ4v) is 4.29. The van der Waals surface area contributed by atoms with Crippen LogP contribution in [-0.2, 0) is 14.8 Å². The van der Waals surface area contributed by atoms with Crippen molar-refractivity contribution < 1.29 is 13.2 Å². The first-order chi connectivity index (χ1) is 11.6. The van der Waals surface area contributed by atoms with Crippen molar-refractivity contribution in [2.75, 3.05) is 5.32 Å². The van der Waals surface area contributed by atoms with Crippen molar-refractivity contribution in [3.63, 3.8) is 0 Å². The first kappa shape index (κ1) is 20.3. The minimum Gasteiger partial charge on any atom is -0.323 e. The second kappa shape index (κ2) is 8.12. The van der Waals surface area contributed by atoms with Crippen LogP contribution in [0.5, 0.6) is 0 Å². The summed E-state index contributed by atoms with van der Waals surface area (Å²) < 4.78 is 27.1. The van der Waals surface area contributed by atoms with Crippen LogP contribution in [0.3, 0.4) is 0 Å². The molecule has 25 heavy (non-hydrogen) atoms. The Labute approximate surface area is 165 Å². The molecule has 0 aliphatic carbocycles. The third-order valence-electron chi connectivity index (χ3n) is 3.10. The maximum Gasteiger partial charge on any atom is 0.242 e. The van der Waals surface area contributed by atoms with E-state index in [1.165, 1.54) is 37.3 Å². The van der Waals surface area contributed by atoms with Gasteiger partial charge in [-0.1, -0.05) is 46.4 Å². The summed E-state index contributed by atoms with van der Waals surface area (Å²) in [5.74, 6) is -0.606. The van der Waals surface area contributed by atoms with Crippen LogP contribution >= 0.6 is 46.4 Å². The molecule has 1 amide bonds. The van der Waals surface area contributed by atoms with Crippen LogP contribution in [0.1, 0.15) is 6.92 Å². The second-order valence-corrected chi connectivity index (χ2v) is 8.40. The van der Waals surface area contributed by atoms with E-state index in [0.29, 0.717) is 10.7 Å². The fourth-order valence-electron chi connectivity index (χ4n) is 1.86. The van der Waals surface area contributed by atoms with Crippen molar-refractivity contribution in [3.8, 4) is 0 Å². The zero-order valence-corrected chi connectivity index (χ0v) is 16.5. The molecule has 0 aromatic heterocycles. The van der Waals surface area contributed by atoms with Gasteiger partial charge in [0.25, 0.3) is 0 Å². The van der Waals surface area contributed by atoms with Crippen molar-refractivity contribution in [3.05, 3.63) is 56.5 Å². The molecule has 0 radical (unpaired) electrons. The summed E-state index contributed by atoms with van der Waals surface area (Å²) in [6.45, 7) is 1.38. The van der Waals surface area contributed by atoms with Gasteiger partial charge in [0.15, 0.2) is 0 Å². The van der Waals surface area contributed by atoms with E-state index in [1.54, 1.807) is 6.07 Å². The maximum absolute atomic E-state index is 12.4. The van der Waals surface area contributed by atoms with Gasteiger partial charge in [0.1, 0.15) is 4.90 Å². The molecule has 2 rings (SSSR count). The summed E-state index contributed by atoms with van der Waals surface area (Å²) in [5, 5.41) is 3.36. The predicted octanol–water partition coefficient (Wildman–Crippen LogP) is 4.61. The predicted molar refractivity (Wildman–Crippen MR) is 101 cm³/mol. The summed E-state index contributed by atoms with van der Waals surface area (Å²) in [4.78, 5) is 12.0. The number of carbonyl (C=O) groups is 1. The molecule has 2 aromatic carbocycles. The monoisotopic (exact) mass is 440 g/mol. The highest BCUT2D eigenvalue weighted by atomic mass is 35.5. The van der Waals surface area contributed by atoms with Crippen molar-refractivity contribution >= 4 is 68.0 Å². The van der Waals surface area contributed by atoms with Crippen LogP contribution in [0, 0.1) is 0 Å². The van der Waals surface area contributed by atoms with Gasteiger partial charge in [-0.05, 0) is 43.3 Å². The molecular weight excluding hydrogens is 430 g/mol. The Morgan fingerprint density at radius 2 is 1.56 bits per heavy atom. The van der Waals surface area contributed by atoms with E-state index in [4.69, 9.17) is 46.4 Å². The van der Waals surface area contributed by atoms with Gasteiger partial charge in [-0.3, -0.25) is 4.79 Å². The lowest BCUT2D eigenvalue weighted by atomic mass is 10.3. The Morgan fingerprint density at radius 1 is 0.960 bits per heavy atom. The van der Waals surface area contributed by atoms with E-state index in [1.807, 2.05) is 0 Å². The van der Waals surface area contributed by atoms with E-state index in [-0.39, 0.29) is 20.0 Å². The number of carbonyl (C=O) groups excluding carboxylic acids is 1. The van der Waals surface area contributed by atoms with Gasteiger partial charge >= 0.3 is 0 Å². The van der Waals surface area contributed by atoms with Crippen LogP contribution in [0.15, 0.2) is 41.3 Å². The van der Waals surface area contributed by atoms with Crippen LogP contribution in [0.2, 0.25) is 20.1 Å². The van der Waals surface area contributed by atoms with Crippen LogP contribution in [0.4, 0.5) is 5.69 Å². The van der Waals surface area contributed by atoms with Crippen molar-refractivity contribution in [1.29, 1.82) is 0 Å². The molecule has 134 valence electrons. The Bertz CT molecular complexity index is 919. The minimum atomic E-state index is -4.05. The van der Waals surface area contributed by atoms with Crippen LogP contribution in [0.25, 0.3) is 0 Å². The second-order valence-electron chi connectivity index (χ2n) is 5.03. The van der Waals surface area contributed by atoms with Gasteiger partial charge in [-0.25, -0.2) is 8.42 Å². The molecule has 0 saturated carbocycles. The molecule has 0 unspecified atom stereocenters. The Morgan fingerprint density at radius 3 is 2.20 bits per heavy atom. The number of halogens is 4. The van der Waals surface area contributed by atoms with Crippen molar-refractivity contribution in [2.24, 2.45) is 0 Å². The minimum absolute atomic E-state index is 0.00902. The number of rotatable bonds is 5. The Hall–Kier alpha value is -1.02. The highest BCUT2D eigenvalue weighted by Crippen LogP contribution is 2.26. The highest BCUT2D eigenvalue weighted by molar-refractivity contribution is 7.89. The van der Waals surface area contributed by atoms with Gasteiger partial charge in [0, 0.05) is 10.0 Å². The molecule has 0 fully saturated rings. The Kier molecular flexibility index (Phi) is 6.59. The van der Waals surface area contributed by atoms with Gasteiger partial charge < -0.3 is 5.32 Å². The zero-order valence-electron chi connectivity index (χ0n) is 12.7. The molecular formula is C15H12Cl4N2O3S. The van der Waals surface area contributed by atoms with Crippen molar-refractivity contribution in [2.45, 2.75) is 17.9 Å².